The Labute approximate surface area is 136 Å². The van der Waals surface area contributed by atoms with Gasteiger partial charge in [0.2, 0.25) is 0 Å². The smallest absolute Gasteiger partial charge is 0.109 e. The van der Waals surface area contributed by atoms with E-state index in [1.165, 1.54) is 5.69 Å². The molecule has 2 saturated heterocycles. The first-order valence-electron chi connectivity index (χ1n) is 8.29. The quantitative estimate of drug-likeness (QED) is 0.585. The number of rotatable bonds is 4. The van der Waals surface area contributed by atoms with Crippen LogP contribution in [-0.4, -0.2) is 82.5 Å². The number of aliphatic hydroxyl groups is 4. The molecule has 2 aliphatic rings. The van der Waals surface area contributed by atoms with Crippen LogP contribution in [-0.2, 0) is 0 Å². The fraction of sp³-hybridized carbons (Fsp3) is 0.647. The van der Waals surface area contributed by atoms with Crippen molar-refractivity contribution in [1.82, 2.24) is 4.90 Å². The van der Waals surface area contributed by atoms with Gasteiger partial charge in [0.25, 0.3) is 0 Å². The lowest BCUT2D eigenvalue weighted by molar-refractivity contribution is -0.146. The Morgan fingerprint density at radius 1 is 1.00 bits per heavy atom. The van der Waals surface area contributed by atoms with Gasteiger partial charge in [-0.05, 0) is 24.5 Å². The standard InChI is InChI=1S/C17H26N2O4/c20-11-14-16(22)17(23)15(21)10-19(14)9-12-6-7-18(8-12)13-4-2-1-3-5-13/h1-5,12,14-17,20-23H,6-11H2/t12-,14-,15-,16+,17+/m0/s1. The molecule has 2 aliphatic heterocycles. The van der Waals surface area contributed by atoms with Crippen LogP contribution >= 0.6 is 0 Å². The van der Waals surface area contributed by atoms with Crippen LogP contribution in [0.3, 0.4) is 0 Å². The van der Waals surface area contributed by atoms with Gasteiger partial charge in [0.15, 0.2) is 0 Å². The first-order valence-corrected chi connectivity index (χ1v) is 8.29. The first kappa shape index (κ1) is 16.7. The number of β-amino-alcohol motifs (C(OH)–C–C–N with tert-alkyl or cyclic N) is 1. The van der Waals surface area contributed by atoms with Gasteiger partial charge in [-0.25, -0.2) is 0 Å². The molecule has 6 heteroatoms. The van der Waals surface area contributed by atoms with E-state index in [1.807, 2.05) is 23.1 Å². The Balaban J connectivity index is 1.61. The fourth-order valence-electron chi connectivity index (χ4n) is 3.77. The summed E-state index contributed by atoms with van der Waals surface area (Å²) in [5.41, 5.74) is 1.21. The number of piperidine rings is 1. The summed E-state index contributed by atoms with van der Waals surface area (Å²) in [7, 11) is 0. The van der Waals surface area contributed by atoms with E-state index in [4.69, 9.17) is 0 Å². The highest BCUT2D eigenvalue weighted by atomic mass is 16.4. The summed E-state index contributed by atoms with van der Waals surface area (Å²) in [6.07, 6.45) is -2.24. The minimum Gasteiger partial charge on any atom is -0.395 e. The lowest BCUT2D eigenvalue weighted by Crippen LogP contribution is -2.63. The molecule has 4 N–H and O–H groups in total. The maximum absolute atomic E-state index is 10.1. The number of para-hydroxylation sites is 1. The Bertz CT molecular complexity index is 501. The molecule has 1 aromatic carbocycles. The number of anilines is 1. The third-order valence-corrected chi connectivity index (χ3v) is 5.12. The Morgan fingerprint density at radius 3 is 2.43 bits per heavy atom. The van der Waals surface area contributed by atoms with Crippen LogP contribution in [0.1, 0.15) is 6.42 Å². The van der Waals surface area contributed by atoms with Crippen LogP contribution in [0, 0.1) is 5.92 Å². The molecule has 0 amide bonds. The number of hydrogen-bond acceptors (Lipinski definition) is 6. The van der Waals surface area contributed by atoms with Crippen molar-refractivity contribution in [1.29, 1.82) is 0 Å². The van der Waals surface area contributed by atoms with E-state index in [0.717, 1.165) is 19.5 Å². The third kappa shape index (κ3) is 3.51. The largest absolute Gasteiger partial charge is 0.395 e. The van der Waals surface area contributed by atoms with Crippen molar-refractivity contribution >= 4 is 5.69 Å². The summed E-state index contributed by atoms with van der Waals surface area (Å²) in [6, 6.07) is 9.75. The van der Waals surface area contributed by atoms with Crippen molar-refractivity contribution < 1.29 is 20.4 Å². The molecule has 2 fully saturated rings. The third-order valence-electron chi connectivity index (χ3n) is 5.12. The normalized spacial score (nSPS) is 35.7. The van der Waals surface area contributed by atoms with Crippen LogP contribution in [0.2, 0.25) is 0 Å². The highest BCUT2D eigenvalue weighted by molar-refractivity contribution is 5.46. The molecule has 0 aliphatic carbocycles. The van der Waals surface area contributed by atoms with Gasteiger partial charge in [-0.15, -0.1) is 0 Å². The van der Waals surface area contributed by atoms with Crippen LogP contribution in [0.25, 0.3) is 0 Å². The molecule has 1 aromatic rings. The monoisotopic (exact) mass is 322 g/mol. The first-order chi connectivity index (χ1) is 11.1. The van der Waals surface area contributed by atoms with Crippen LogP contribution in [0.4, 0.5) is 5.69 Å². The number of hydrogen-bond donors (Lipinski definition) is 4. The SMILES string of the molecule is OC[C@H]1[C@@H](O)[C@H](O)[C@@H](O)CN1C[C@H]1CCN(c2ccccc2)C1. The predicted molar refractivity (Wildman–Crippen MR) is 87.2 cm³/mol. The van der Waals surface area contributed by atoms with Gasteiger partial charge in [-0.3, -0.25) is 4.90 Å². The average molecular weight is 322 g/mol. The van der Waals surface area contributed by atoms with E-state index in [0.29, 0.717) is 12.5 Å². The van der Waals surface area contributed by atoms with E-state index < -0.39 is 24.4 Å². The lowest BCUT2D eigenvalue weighted by Gasteiger charge is -2.44. The average Bonchev–Trinajstić information content (AvgIpc) is 3.02. The molecule has 0 aromatic heterocycles. The van der Waals surface area contributed by atoms with Crippen molar-refractivity contribution in [3.05, 3.63) is 30.3 Å². The van der Waals surface area contributed by atoms with E-state index in [2.05, 4.69) is 17.0 Å². The Morgan fingerprint density at radius 2 is 1.74 bits per heavy atom. The maximum Gasteiger partial charge on any atom is 0.109 e. The molecule has 0 radical (unpaired) electrons. The van der Waals surface area contributed by atoms with Gasteiger partial charge in [0, 0.05) is 31.9 Å². The summed E-state index contributed by atoms with van der Waals surface area (Å²) >= 11 is 0. The summed E-state index contributed by atoms with van der Waals surface area (Å²) in [4.78, 5) is 4.26. The molecule has 128 valence electrons. The van der Waals surface area contributed by atoms with Crippen molar-refractivity contribution in [3.8, 4) is 0 Å². The Kier molecular flexibility index (Phi) is 5.18. The molecular formula is C17H26N2O4. The van der Waals surface area contributed by atoms with Gasteiger partial charge in [-0.1, -0.05) is 18.2 Å². The van der Waals surface area contributed by atoms with Crippen LogP contribution < -0.4 is 4.90 Å². The fourth-order valence-corrected chi connectivity index (χ4v) is 3.77. The van der Waals surface area contributed by atoms with Crippen LogP contribution in [0.15, 0.2) is 30.3 Å². The van der Waals surface area contributed by atoms with Gasteiger partial charge in [-0.2, -0.15) is 0 Å². The van der Waals surface area contributed by atoms with E-state index in [-0.39, 0.29) is 13.2 Å². The molecule has 0 saturated carbocycles. The summed E-state index contributed by atoms with van der Waals surface area (Å²) < 4.78 is 0. The Hall–Kier alpha value is -1.18. The summed E-state index contributed by atoms with van der Waals surface area (Å²) in [5.74, 6) is 0.416. The van der Waals surface area contributed by atoms with Gasteiger partial charge < -0.3 is 25.3 Å². The number of likely N-dealkylation sites (tertiary alicyclic amines) is 1. The van der Waals surface area contributed by atoms with Gasteiger partial charge in [0.1, 0.15) is 12.2 Å². The molecule has 3 rings (SSSR count). The zero-order valence-electron chi connectivity index (χ0n) is 13.2. The maximum atomic E-state index is 10.1. The molecule has 23 heavy (non-hydrogen) atoms. The molecular weight excluding hydrogens is 296 g/mol. The van der Waals surface area contributed by atoms with Crippen molar-refractivity contribution in [2.45, 2.75) is 30.8 Å². The van der Waals surface area contributed by atoms with Crippen molar-refractivity contribution in [2.24, 2.45) is 5.92 Å². The number of aliphatic hydroxyl groups excluding tert-OH is 4. The van der Waals surface area contributed by atoms with Crippen molar-refractivity contribution in [2.75, 3.05) is 37.7 Å². The minimum absolute atomic E-state index is 0.222. The zero-order chi connectivity index (χ0) is 16.4. The molecule has 0 bridgehead atoms. The lowest BCUT2D eigenvalue weighted by atomic mass is 9.93. The van der Waals surface area contributed by atoms with Gasteiger partial charge in [0.05, 0.1) is 18.8 Å². The second-order valence-corrected chi connectivity index (χ2v) is 6.69. The molecule has 5 atom stereocenters. The van der Waals surface area contributed by atoms with E-state index in [1.54, 1.807) is 0 Å². The van der Waals surface area contributed by atoms with E-state index in [9.17, 15) is 20.4 Å². The second-order valence-electron chi connectivity index (χ2n) is 6.69. The molecule has 6 nitrogen and oxygen atoms in total. The zero-order valence-corrected chi connectivity index (χ0v) is 13.2. The summed E-state index contributed by atoms with van der Waals surface area (Å²) in [5, 5.41) is 39.3. The number of nitrogens with zero attached hydrogens (tertiary/aromatic N) is 2. The van der Waals surface area contributed by atoms with Crippen LogP contribution in [0.5, 0.6) is 0 Å². The number of benzene rings is 1. The molecule has 2 heterocycles. The minimum atomic E-state index is -1.19. The predicted octanol–water partition coefficient (Wildman–Crippen LogP) is -0.728. The highest BCUT2D eigenvalue weighted by Crippen LogP contribution is 2.26. The van der Waals surface area contributed by atoms with Gasteiger partial charge >= 0.3 is 0 Å². The second kappa shape index (κ2) is 7.15. The molecule has 0 unspecified atom stereocenters. The highest BCUT2D eigenvalue weighted by Gasteiger charge is 2.42. The molecule has 0 spiro atoms. The van der Waals surface area contributed by atoms with Crippen molar-refractivity contribution in [3.63, 3.8) is 0 Å². The topological polar surface area (TPSA) is 87.4 Å². The van der Waals surface area contributed by atoms with E-state index >= 15 is 0 Å². The summed E-state index contributed by atoms with van der Waals surface area (Å²) in [6.45, 7) is 2.67.